The van der Waals surface area contributed by atoms with Crippen LogP contribution in [0.5, 0.6) is 0 Å². The largest absolute Gasteiger partial charge is 0.480 e. The predicted molar refractivity (Wildman–Crippen MR) is 103 cm³/mol. The van der Waals surface area contributed by atoms with Crippen LogP contribution in [0.1, 0.15) is 31.7 Å². The fourth-order valence-electron chi connectivity index (χ4n) is 3.51. The van der Waals surface area contributed by atoms with Crippen molar-refractivity contribution >= 4 is 22.2 Å². The fraction of sp³-hybridized carbons (Fsp3) is 0.556. The van der Waals surface area contributed by atoms with Gasteiger partial charge in [0, 0.05) is 38.1 Å². The van der Waals surface area contributed by atoms with Gasteiger partial charge in [-0.05, 0) is 25.8 Å². The number of piperazine rings is 1. The summed E-state index contributed by atoms with van der Waals surface area (Å²) in [5.74, 6) is -1.58. The summed E-state index contributed by atoms with van der Waals surface area (Å²) in [5, 5.41) is 12.5. The number of aliphatic carboxylic acids is 1. The Morgan fingerprint density at radius 3 is 2.29 bits per heavy atom. The van der Waals surface area contributed by atoms with Crippen LogP contribution < -0.4 is 10.0 Å². The Labute approximate surface area is 164 Å². The Balaban J connectivity index is 1.65. The molecule has 1 saturated heterocycles. The number of hydrogen-bond donors (Lipinski definition) is 3. The maximum absolute atomic E-state index is 12.8. The van der Waals surface area contributed by atoms with E-state index in [1.165, 1.54) is 4.31 Å². The van der Waals surface area contributed by atoms with Crippen molar-refractivity contribution in [3.63, 3.8) is 0 Å². The van der Waals surface area contributed by atoms with Gasteiger partial charge >= 0.3 is 12.0 Å². The van der Waals surface area contributed by atoms with E-state index in [-0.39, 0.29) is 44.7 Å². The number of hydrogen-bond acceptors (Lipinski definition) is 4. The quantitative estimate of drug-likeness (QED) is 0.633. The van der Waals surface area contributed by atoms with Crippen LogP contribution in [0.2, 0.25) is 0 Å². The molecule has 28 heavy (non-hydrogen) atoms. The molecule has 3 rings (SSSR count). The van der Waals surface area contributed by atoms with Crippen LogP contribution in [-0.4, -0.2) is 72.5 Å². The highest BCUT2D eigenvalue weighted by molar-refractivity contribution is 7.87. The molecule has 1 saturated carbocycles. The molecule has 2 atom stereocenters. The number of carboxylic acid groups (broad SMARTS) is 1. The predicted octanol–water partition coefficient (Wildman–Crippen LogP) is 0.567. The van der Waals surface area contributed by atoms with E-state index < -0.39 is 27.6 Å². The van der Waals surface area contributed by atoms with Gasteiger partial charge in [0.25, 0.3) is 10.2 Å². The molecule has 0 unspecified atom stereocenters. The number of carbonyl (C=O) groups excluding carboxylic acids is 1. The van der Waals surface area contributed by atoms with Gasteiger partial charge in [0.05, 0.1) is 0 Å². The summed E-state index contributed by atoms with van der Waals surface area (Å²) in [6.07, 6.45) is 0.211. The Kier molecular flexibility index (Phi) is 5.64. The number of carboxylic acids is 1. The number of urea groups is 1. The lowest BCUT2D eigenvalue weighted by atomic mass is 10.1. The molecule has 1 aromatic carbocycles. The Morgan fingerprint density at radius 2 is 1.75 bits per heavy atom. The number of rotatable bonds is 6. The van der Waals surface area contributed by atoms with Crippen molar-refractivity contribution in [3.05, 3.63) is 35.9 Å². The maximum atomic E-state index is 12.8. The van der Waals surface area contributed by atoms with Crippen molar-refractivity contribution < 1.29 is 23.1 Å². The maximum Gasteiger partial charge on any atom is 0.325 e. The molecule has 3 N–H and O–H groups in total. The summed E-state index contributed by atoms with van der Waals surface area (Å²) < 4.78 is 29.2. The summed E-state index contributed by atoms with van der Waals surface area (Å²) in [6, 6.07) is 8.80. The molecule has 1 aromatic rings. The lowest BCUT2D eigenvalue weighted by Crippen LogP contribution is -2.58. The molecule has 9 nitrogen and oxygen atoms in total. The Hall–Kier alpha value is -2.17. The van der Waals surface area contributed by atoms with Gasteiger partial charge in [-0.3, -0.25) is 4.79 Å². The molecule has 2 fully saturated rings. The van der Waals surface area contributed by atoms with Gasteiger partial charge in [-0.2, -0.15) is 17.4 Å². The van der Waals surface area contributed by atoms with Crippen molar-refractivity contribution in [2.24, 2.45) is 0 Å². The van der Waals surface area contributed by atoms with Gasteiger partial charge in [-0.25, -0.2) is 4.79 Å². The van der Waals surface area contributed by atoms with Gasteiger partial charge in [0.1, 0.15) is 5.54 Å². The highest BCUT2D eigenvalue weighted by Crippen LogP contribution is 2.52. The fourth-order valence-corrected chi connectivity index (χ4v) is 5.05. The summed E-state index contributed by atoms with van der Waals surface area (Å²) in [4.78, 5) is 25.5. The Bertz CT molecular complexity index is 837. The first-order valence-electron chi connectivity index (χ1n) is 9.28. The summed E-state index contributed by atoms with van der Waals surface area (Å²) in [5.41, 5.74) is -0.727. The van der Waals surface area contributed by atoms with Crippen LogP contribution in [-0.2, 0) is 15.0 Å². The van der Waals surface area contributed by atoms with Crippen LogP contribution in [0.15, 0.2) is 30.3 Å². The van der Waals surface area contributed by atoms with Gasteiger partial charge in [-0.1, -0.05) is 30.3 Å². The average Bonchev–Trinajstić information content (AvgIpc) is 3.37. The number of carbonyl (C=O) groups is 2. The topological polar surface area (TPSA) is 119 Å². The van der Waals surface area contributed by atoms with Crippen molar-refractivity contribution in [3.8, 4) is 0 Å². The third-order valence-electron chi connectivity index (χ3n) is 5.13. The van der Waals surface area contributed by atoms with Crippen LogP contribution in [0.3, 0.4) is 0 Å². The third-order valence-corrected chi connectivity index (χ3v) is 6.80. The molecule has 1 aliphatic carbocycles. The summed E-state index contributed by atoms with van der Waals surface area (Å²) >= 11 is 0. The molecule has 0 bridgehead atoms. The van der Waals surface area contributed by atoms with Crippen molar-refractivity contribution in [2.45, 2.75) is 37.8 Å². The smallest absolute Gasteiger partial charge is 0.325 e. The van der Waals surface area contributed by atoms with Gasteiger partial charge in [-0.15, -0.1) is 0 Å². The van der Waals surface area contributed by atoms with E-state index in [1.807, 2.05) is 19.9 Å². The van der Waals surface area contributed by atoms with Crippen LogP contribution >= 0.6 is 0 Å². The second-order valence-corrected chi connectivity index (χ2v) is 9.21. The highest BCUT2D eigenvalue weighted by atomic mass is 32.2. The first kappa shape index (κ1) is 20.6. The number of nitrogens with zero attached hydrogens (tertiary/aromatic N) is 2. The van der Waals surface area contributed by atoms with E-state index in [1.54, 1.807) is 29.2 Å². The lowest BCUT2D eigenvalue weighted by Gasteiger charge is -2.35. The zero-order chi connectivity index (χ0) is 20.5. The minimum atomic E-state index is -3.99. The molecule has 0 spiro atoms. The SMILES string of the molecule is CC(C)NC(=O)N1CCN(S(=O)(=O)N[C@@]2(C(=O)O)C[C@H]2c2ccccc2)CC1. The number of nitrogens with one attached hydrogen (secondary N) is 2. The minimum Gasteiger partial charge on any atom is -0.480 e. The molecule has 0 radical (unpaired) electrons. The third kappa shape index (κ3) is 4.13. The molecular weight excluding hydrogens is 384 g/mol. The Morgan fingerprint density at radius 1 is 1.14 bits per heavy atom. The van der Waals surface area contributed by atoms with Crippen molar-refractivity contribution in [1.29, 1.82) is 0 Å². The molecule has 1 heterocycles. The standard InChI is InChI=1S/C18H26N4O5S/c1-13(2)19-17(25)21-8-10-22(11-9-21)28(26,27)20-18(16(23)24)12-15(18)14-6-4-3-5-7-14/h3-7,13,15,20H,8-12H2,1-2H3,(H,19,25)(H,23,24)/t15-,18-/m0/s1. The van der Waals surface area contributed by atoms with Crippen molar-refractivity contribution in [2.75, 3.05) is 26.2 Å². The van der Waals surface area contributed by atoms with Crippen LogP contribution in [0, 0.1) is 0 Å². The van der Waals surface area contributed by atoms with Crippen LogP contribution in [0.25, 0.3) is 0 Å². The lowest BCUT2D eigenvalue weighted by molar-refractivity contribution is -0.140. The van der Waals surface area contributed by atoms with Crippen molar-refractivity contribution in [1.82, 2.24) is 19.2 Å². The number of amides is 2. The molecule has 10 heteroatoms. The van der Waals surface area contributed by atoms with E-state index in [0.29, 0.717) is 0 Å². The molecule has 0 aromatic heterocycles. The highest BCUT2D eigenvalue weighted by Gasteiger charge is 2.63. The van der Waals surface area contributed by atoms with E-state index in [9.17, 15) is 23.1 Å². The average molecular weight is 410 g/mol. The molecular formula is C18H26N4O5S. The minimum absolute atomic E-state index is 0.00357. The molecule has 1 aliphatic heterocycles. The molecule has 2 aliphatic rings. The second-order valence-electron chi connectivity index (χ2n) is 7.54. The van der Waals surface area contributed by atoms with E-state index in [4.69, 9.17) is 0 Å². The summed E-state index contributed by atoms with van der Waals surface area (Å²) in [6.45, 7) is 4.45. The monoisotopic (exact) mass is 410 g/mol. The van der Waals surface area contributed by atoms with E-state index >= 15 is 0 Å². The second kappa shape index (κ2) is 7.69. The normalized spacial score (nSPS) is 25.5. The zero-order valence-corrected chi connectivity index (χ0v) is 16.8. The summed E-state index contributed by atoms with van der Waals surface area (Å²) in [7, 11) is -3.99. The van der Waals surface area contributed by atoms with E-state index in [0.717, 1.165) is 5.56 Å². The molecule has 154 valence electrons. The van der Waals surface area contributed by atoms with Crippen LogP contribution in [0.4, 0.5) is 4.79 Å². The first-order valence-corrected chi connectivity index (χ1v) is 10.7. The number of benzene rings is 1. The first-order chi connectivity index (χ1) is 13.2. The van der Waals surface area contributed by atoms with Gasteiger partial charge < -0.3 is 15.3 Å². The van der Waals surface area contributed by atoms with Gasteiger partial charge in [0.2, 0.25) is 0 Å². The van der Waals surface area contributed by atoms with E-state index in [2.05, 4.69) is 10.0 Å². The zero-order valence-electron chi connectivity index (χ0n) is 16.0. The molecule has 2 amide bonds. The van der Waals surface area contributed by atoms with Gasteiger partial charge in [0.15, 0.2) is 0 Å².